The van der Waals surface area contributed by atoms with Gasteiger partial charge in [0.1, 0.15) is 0 Å². The molecule has 2 atom stereocenters. The fraction of sp³-hybridized carbons (Fsp3) is 0.800. The van der Waals surface area contributed by atoms with E-state index in [1.165, 1.54) is 19.3 Å². The molecule has 4 nitrogen and oxygen atoms in total. The maximum atomic E-state index is 5.13. The van der Waals surface area contributed by atoms with Crippen LogP contribution in [0.4, 0.5) is 5.95 Å². The highest BCUT2D eigenvalue weighted by molar-refractivity contribution is 7.71. The first-order chi connectivity index (χ1) is 7.25. The standard InChI is InChI=1S/C10H16N4S/c1-13-9(11-12-10(13)15)14-5-7-3-2-4-8(7)6-14/h7-8H,2-6H2,1H3,(H,12,15). The molecule has 5 heteroatoms. The van der Waals surface area contributed by atoms with Gasteiger partial charge in [0.15, 0.2) is 4.77 Å². The van der Waals surface area contributed by atoms with E-state index < -0.39 is 0 Å². The number of aromatic nitrogens is 3. The van der Waals surface area contributed by atoms with Gasteiger partial charge in [0.2, 0.25) is 5.95 Å². The number of hydrogen-bond acceptors (Lipinski definition) is 3. The van der Waals surface area contributed by atoms with Crippen molar-refractivity contribution in [2.75, 3.05) is 18.0 Å². The lowest BCUT2D eigenvalue weighted by atomic mass is 10.0. The predicted molar refractivity (Wildman–Crippen MR) is 61.4 cm³/mol. The van der Waals surface area contributed by atoms with Crippen LogP contribution in [0.5, 0.6) is 0 Å². The van der Waals surface area contributed by atoms with E-state index in [1.54, 1.807) is 0 Å². The van der Waals surface area contributed by atoms with Gasteiger partial charge in [0.05, 0.1) is 0 Å². The second kappa shape index (κ2) is 3.33. The molecule has 3 rings (SSSR count). The molecule has 2 unspecified atom stereocenters. The number of nitrogens with zero attached hydrogens (tertiary/aromatic N) is 3. The van der Waals surface area contributed by atoms with Gasteiger partial charge in [-0.1, -0.05) is 6.42 Å². The molecule has 1 aromatic heterocycles. The number of fused-ring (bicyclic) bond motifs is 1. The van der Waals surface area contributed by atoms with Crippen LogP contribution in [0, 0.1) is 16.6 Å². The van der Waals surface area contributed by atoms with Crippen molar-refractivity contribution in [3.05, 3.63) is 4.77 Å². The smallest absolute Gasteiger partial charge is 0.225 e. The average molecular weight is 224 g/mol. The normalized spacial score (nSPS) is 29.8. The van der Waals surface area contributed by atoms with Crippen molar-refractivity contribution in [2.24, 2.45) is 18.9 Å². The van der Waals surface area contributed by atoms with E-state index in [9.17, 15) is 0 Å². The number of aromatic amines is 1. The van der Waals surface area contributed by atoms with E-state index in [4.69, 9.17) is 12.2 Å². The van der Waals surface area contributed by atoms with Crippen LogP contribution in [0.2, 0.25) is 0 Å². The van der Waals surface area contributed by atoms with Crippen molar-refractivity contribution in [3.8, 4) is 0 Å². The Bertz CT molecular complexity index is 409. The third kappa shape index (κ3) is 1.40. The Labute approximate surface area is 94.3 Å². The first-order valence-electron chi connectivity index (χ1n) is 5.62. The van der Waals surface area contributed by atoms with Crippen LogP contribution in [-0.4, -0.2) is 27.9 Å². The topological polar surface area (TPSA) is 36.9 Å². The molecule has 1 N–H and O–H groups in total. The van der Waals surface area contributed by atoms with Crippen molar-refractivity contribution >= 4 is 18.2 Å². The minimum absolute atomic E-state index is 0.710. The van der Waals surface area contributed by atoms with E-state index >= 15 is 0 Å². The zero-order valence-electron chi connectivity index (χ0n) is 8.94. The fourth-order valence-corrected chi connectivity index (χ4v) is 3.15. The molecular formula is C10H16N4S. The summed E-state index contributed by atoms with van der Waals surface area (Å²) < 4.78 is 2.68. The molecule has 0 bridgehead atoms. The summed E-state index contributed by atoms with van der Waals surface area (Å²) in [6.07, 6.45) is 4.22. The van der Waals surface area contributed by atoms with Crippen LogP contribution in [0.3, 0.4) is 0 Å². The molecule has 2 aliphatic rings. The summed E-state index contributed by atoms with van der Waals surface area (Å²) in [6, 6.07) is 0. The number of anilines is 1. The largest absolute Gasteiger partial charge is 0.340 e. The van der Waals surface area contributed by atoms with Gasteiger partial charge in [-0.15, -0.1) is 5.10 Å². The summed E-state index contributed by atoms with van der Waals surface area (Å²) in [4.78, 5) is 2.38. The molecule has 1 saturated carbocycles. The first-order valence-corrected chi connectivity index (χ1v) is 6.03. The van der Waals surface area contributed by atoms with Gasteiger partial charge in [0.25, 0.3) is 0 Å². The SMILES string of the molecule is Cn1c(N2CC3CCCC3C2)n[nH]c1=S. The Balaban J connectivity index is 1.85. The Hall–Kier alpha value is -0.840. The lowest BCUT2D eigenvalue weighted by Crippen LogP contribution is -2.23. The molecule has 0 radical (unpaired) electrons. The van der Waals surface area contributed by atoms with Crippen LogP contribution < -0.4 is 4.90 Å². The fourth-order valence-electron chi connectivity index (χ4n) is 3.02. The van der Waals surface area contributed by atoms with Crippen LogP contribution in [0.1, 0.15) is 19.3 Å². The van der Waals surface area contributed by atoms with Gasteiger partial charge in [0, 0.05) is 20.1 Å². The van der Waals surface area contributed by atoms with Gasteiger partial charge in [-0.2, -0.15) is 0 Å². The third-order valence-electron chi connectivity index (χ3n) is 3.87. The number of rotatable bonds is 1. The quantitative estimate of drug-likeness (QED) is 0.738. The molecule has 1 saturated heterocycles. The second-order valence-corrected chi connectivity index (χ2v) is 5.13. The average Bonchev–Trinajstić information content (AvgIpc) is 2.82. The third-order valence-corrected chi connectivity index (χ3v) is 4.23. The number of nitrogens with one attached hydrogen (secondary N) is 1. The summed E-state index contributed by atoms with van der Waals surface area (Å²) in [7, 11) is 1.98. The number of H-pyrrole nitrogens is 1. The molecule has 1 aliphatic carbocycles. The van der Waals surface area contributed by atoms with E-state index in [0.29, 0.717) is 4.77 Å². The van der Waals surface area contributed by atoms with Crippen molar-refractivity contribution in [2.45, 2.75) is 19.3 Å². The lowest BCUT2D eigenvalue weighted by Gasteiger charge is -2.17. The van der Waals surface area contributed by atoms with Gasteiger partial charge in [-0.25, -0.2) is 5.10 Å². The molecule has 1 aliphatic heterocycles. The molecule has 82 valence electrons. The van der Waals surface area contributed by atoms with E-state index in [1.807, 2.05) is 11.6 Å². The second-order valence-electron chi connectivity index (χ2n) is 4.74. The maximum Gasteiger partial charge on any atom is 0.225 e. The molecule has 2 fully saturated rings. The van der Waals surface area contributed by atoms with Crippen LogP contribution in [-0.2, 0) is 7.05 Å². The van der Waals surface area contributed by atoms with Gasteiger partial charge in [-0.3, -0.25) is 4.57 Å². The Kier molecular flexibility index (Phi) is 2.09. The maximum absolute atomic E-state index is 5.13. The van der Waals surface area contributed by atoms with Crippen molar-refractivity contribution < 1.29 is 0 Å². The number of hydrogen-bond donors (Lipinski definition) is 1. The molecular weight excluding hydrogens is 208 g/mol. The summed E-state index contributed by atoms with van der Waals surface area (Å²) in [5, 5.41) is 7.15. The zero-order chi connectivity index (χ0) is 10.4. The minimum atomic E-state index is 0.710. The molecule has 0 spiro atoms. The minimum Gasteiger partial charge on any atom is -0.340 e. The van der Waals surface area contributed by atoms with Gasteiger partial charge >= 0.3 is 0 Å². The molecule has 0 aromatic carbocycles. The Morgan fingerprint density at radius 2 is 2.00 bits per heavy atom. The van der Waals surface area contributed by atoms with Crippen LogP contribution in [0.25, 0.3) is 0 Å². The highest BCUT2D eigenvalue weighted by Gasteiger charge is 2.37. The van der Waals surface area contributed by atoms with Gasteiger partial charge < -0.3 is 4.90 Å². The molecule has 2 heterocycles. The van der Waals surface area contributed by atoms with Crippen molar-refractivity contribution in [1.29, 1.82) is 0 Å². The van der Waals surface area contributed by atoms with Crippen molar-refractivity contribution in [1.82, 2.24) is 14.8 Å². The van der Waals surface area contributed by atoms with E-state index in [0.717, 1.165) is 30.9 Å². The summed E-state index contributed by atoms with van der Waals surface area (Å²) in [6.45, 7) is 2.33. The van der Waals surface area contributed by atoms with E-state index in [-0.39, 0.29) is 0 Å². The zero-order valence-corrected chi connectivity index (χ0v) is 9.76. The predicted octanol–water partition coefficient (Wildman–Crippen LogP) is 1.71. The highest BCUT2D eigenvalue weighted by Crippen LogP contribution is 2.38. The molecule has 0 amide bonds. The lowest BCUT2D eigenvalue weighted by molar-refractivity contribution is 0.494. The van der Waals surface area contributed by atoms with Crippen LogP contribution in [0.15, 0.2) is 0 Å². The summed E-state index contributed by atoms with van der Waals surface area (Å²) in [5.41, 5.74) is 0. The van der Waals surface area contributed by atoms with E-state index in [2.05, 4.69) is 15.1 Å². The van der Waals surface area contributed by atoms with Gasteiger partial charge in [-0.05, 0) is 36.9 Å². The molecule has 15 heavy (non-hydrogen) atoms. The van der Waals surface area contributed by atoms with Crippen molar-refractivity contribution in [3.63, 3.8) is 0 Å². The monoisotopic (exact) mass is 224 g/mol. The van der Waals surface area contributed by atoms with Crippen LogP contribution >= 0.6 is 12.2 Å². The highest BCUT2D eigenvalue weighted by atomic mass is 32.1. The molecule has 1 aromatic rings. The first kappa shape index (κ1) is 9.39. The summed E-state index contributed by atoms with van der Waals surface area (Å²) >= 11 is 5.13. The summed E-state index contributed by atoms with van der Waals surface area (Å²) in [5.74, 6) is 2.81. The Morgan fingerprint density at radius 1 is 1.33 bits per heavy atom. The Morgan fingerprint density at radius 3 is 2.53 bits per heavy atom.